The molecular formula is C40H31ClN2O2. The molecule has 8 rings (SSSR count). The molecule has 2 N–H and O–H groups in total. The Labute approximate surface area is 266 Å². The topological polar surface area (TPSA) is 65.7 Å². The van der Waals surface area contributed by atoms with Crippen LogP contribution in [0.3, 0.4) is 0 Å². The minimum absolute atomic E-state index is 0.0757. The Kier molecular flexibility index (Phi) is 8.58. The minimum Gasteiger partial charge on any atom is -0.359 e. The third-order valence-electron chi connectivity index (χ3n) is 7.82. The van der Waals surface area contributed by atoms with Crippen LogP contribution in [0.25, 0.3) is 43.4 Å². The molecule has 0 atom stereocenters. The molecule has 220 valence electrons. The van der Waals surface area contributed by atoms with E-state index in [-0.39, 0.29) is 5.78 Å². The van der Waals surface area contributed by atoms with Crippen LogP contribution in [0.2, 0.25) is 0 Å². The Morgan fingerprint density at radius 3 is 1.62 bits per heavy atom. The van der Waals surface area contributed by atoms with Gasteiger partial charge in [0.1, 0.15) is 0 Å². The maximum Gasteiger partial charge on any atom is 0.253 e. The highest BCUT2D eigenvalue weighted by molar-refractivity contribution is 6.68. The quantitative estimate of drug-likeness (QED) is 0.155. The van der Waals surface area contributed by atoms with Crippen LogP contribution in [0, 0.1) is 13.8 Å². The normalized spacial score (nSPS) is 10.7. The van der Waals surface area contributed by atoms with E-state index in [0.29, 0.717) is 5.56 Å². The molecule has 2 heterocycles. The van der Waals surface area contributed by atoms with Gasteiger partial charge in [-0.15, -0.1) is 0 Å². The van der Waals surface area contributed by atoms with Crippen molar-refractivity contribution in [3.63, 3.8) is 0 Å². The number of benzene rings is 6. The molecule has 4 nitrogen and oxygen atoms in total. The average Bonchev–Trinajstić information content (AvgIpc) is 3.62. The molecule has 0 aliphatic carbocycles. The van der Waals surface area contributed by atoms with Crippen molar-refractivity contribution < 1.29 is 9.59 Å². The van der Waals surface area contributed by atoms with E-state index in [1.807, 2.05) is 116 Å². The SMILES string of the molecule is Cc1[nH]c2ccccc2c1C(=O)c1cccc2ccccc12.Cc1cc2ccccc2[nH]1.O=C(Cl)c1cccc2ccccc12. The molecule has 0 spiro atoms. The second kappa shape index (κ2) is 13.0. The molecule has 6 aromatic carbocycles. The summed E-state index contributed by atoms with van der Waals surface area (Å²) in [5.74, 6) is 0.0757. The van der Waals surface area contributed by atoms with Crippen LogP contribution >= 0.6 is 11.6 Å². The Hall–Kier alpha value is -5.45. The van der Waals surface area contributed by atoms with E-state index in [2.05, 4.69) is 41.2 Å². The lowest BCUT2D eigenvalue weighted by atomic mass is 9.96. The molecule has 0 unspecified atom stereocenters. The molecule has 0 saturated heterocycles. The summed E-state index contributed by atoms with van der Waals surface area (Å²) >= 11 is 5.44. The number of hydrogen-bond donors (Lipinski definition) is 2. The summed E-state index contributed by atoms with van der Waals surface area (Å²) in [7, 11) is 0. The van der Waals surface area contributed by atoms with Crippen LogP contribution in [0.1, 0.15) is 37.7 Å². The number of para-hydroxylation sites is 2. The van der Waals surface area contributed by atoms with Crippen molar-refractivity contribution in [3.05, 3.63) is 168 Å². The van der Waals surface area contributed by atoms with Crippen LogP contribution < -0.4 is 0 Å². The number of fused-ring (bicyclic) bond motifs is 4. The third kappa shape index (κ3) is 6.28. The van der Waals surface area contributed by atoms with E-state index >= 15 is 0 Å². The fourth-order valence-corrected chi connectivity index (χ4v) is 5.91. The number of carbonyl (C=O) groups is 2. The van der Waals surface area contributed by atoms with Crippen molar-refractivity contribution >= 4 is 66.0 Å². The Bertz CT molecular complexity index is 2270. The fourth-order valence-electron chi connectivity index (χ4n) is 5.74. The number of rotatable bonds is 3. The Balaban J connectivity index is 0.000000131. The summed E-state index contributed by atoms with van der Waals surface area (Å²) in [6, 6.07) is 45.5. The number of aryl methyl sites for hydroxylation is 2. The first kappa shape index (κ1) is 29.6. The van der Waals surface area contributed by atoms with Crippen LogP contribution in [0.4, 0.5) is 0 Å². The van der Waals surface area contributed by atoms with E-state index in [1.165, 1.54) is 16.6 Å². The highest BCUT2D eigenvalue weighted by Crippen LogP contribution is 2.28. The zero-order chi connectivity index (χ0) is 31.3. The second-order valence-corrected chi connectivity index (χ2v) is 11.2. The van der Waals surface area contributed by atoms with E-state index < -0.39 is 5.24 Å². The number of hydrogen-bond acceptors (Lipinski definition) is 2. The zero-order valence-corrected chi connectivity index (χ0v) is 25.7. The molecule has 0 saturated carbocycles. The number of carbonyl (C=O) groups excluding carboxylic acids is 2. The predicted octanol–water partition coefficient (Wildman–Crippen LogP) is 10.6. The maximum atomic E-state index is 13.1. The number of ketones is 1. The standard InChI is InChI=1S/C20H15NO.C11H7ClO.C9H9N/c1-13-19(17-10-4-5-12-18(17)21-13)20(22)16-11-6-8-14-7-2-3-9-15(14)16;12-11(13)10-7-3-5-8-4-1-2-6-9(8)10;1-7-6-8-4-2-3-5-9(8)10-7/h2-12,21H,1H3;1-7H;2-6,10H,1H3. The van der Waals surface area contributed by atoms with Crippen molar-refractivity contribution in [1.29, 1.82) is 0 Å². The van der Waals surface area contributed by atoms with Crippen LogP contribution in [0.5, 0.6) is 0 Å². The van der Waals surface area contributed by atoms with Gasteiger partial charge < -0.3 is 9.97 Å². The summed E-state index contributed by atoms with van der Waals surface area (Å²) in [5.41, 5.74) is 6.46. The van der Waals surface area contributed by atoms with Crippen molar-refractivity contribution in [1.82, 2.24) is 9.97 Å². The molecular weight excluding hydrogens is 576 g/mol. The molecule has 0 aliphatic heterocycles. The molecule has 0 amide bonds. The van der Waals surface area contributed by atoms with Crippen molar-refractivity contribution in [3.8, 4) is 0 Å². The van der Waals surface area contributed by atoms with Crippen molar-refractivity contribution in [2.45, 2.75) is 13.8 Å². The zero-order valence-electron chi connectivity index (χ0n) is 25.0. The molecule has 2 aromatic heterocycles. The predicted molar refractivity (Wildman–Crippen MR) is 188 cm³/mol. The van der Waals surface area contributed by atoms with Gasteiger partial charge in [0.05, 0.1) is 5.56 Å². The Morgan fingerprint density at radius 1 is 0.511 bits per heavy atom. The van der Waals surface area contributed by atoms with Crippen LogP contribution in [-0.4, -0.2) is 21.0 Å². The lowest BCUT2D eigenvalue weighted by Crippen LogP contribution is -2.03. The fraction of sp³-hybridized carbons (Fsp3) is 0.0500. The molecule has 8 aromatic rings. The van der Waals surface area contributed by atoms with Gasteiger partial charge in [-0.1, -0.05) is 115 Å². The number of nitrogens with one attached hydrogen (secondary N) is 2. The number of H-pyrrole nitrogens is 2. The van der Waals surface area contributed by atoms with Gasteiger partial charge in [-0.2, -0.15) is 0 Å². The molecule has 0 radical (unpaired) electrons. The van der Waals surface area contributed by atoms with Gasteiger partial charge in [0.2, 0.25) is 0 Å². The first-order chi connectivity index (χ1) is 21.9. The smallest absolute Gasteiger partial charge is 0.253 e. The van der Waals surface area contributed by atoms with Crippen LogP contribution in [0.15, 0.2) is 140 Å². The third-order valence-corrected chi connectivity index (χ3v) is 8.02. The van der Waals surface area contributed by atoms with Gasteiger partial charge in [-0.05, 0) is 76.6 Å². The minimum atomic E-state index is -0.406. The lowest BCUT2D eigenvalue weighted by Gasteiger charge is -2.06. The second-order valence-electron chi connectivity index (χ2n) is 10.9. The van der Waals surface area contributed by atoms with E-state index in [0.717, 1.165) is 49.3 Å². The molecule has 0 fully saturated rings. The van der Waals surface area contributed by atoms with Gasteiger partial charge in [-0.25, -0.2) is 0 Å². The summed E-state index contributed by atoms with van der Waals surface area (Å²) in [6.45, 7) is 4.03. The van der Waals surface area contributed by atoms with E-state index in [1.54, 1.807) is 6.07 Å². The van der Waals surface area contributed by atoms with Gasteiger partial charge >= 0.3 is 0 Å². The molecule has 0 bridgehead atoms. The summed E-state index contributed by atoms with van der Waals surface area (Å²) < 4.78 is 0. The lowest BCUT2D eigenvalue weighted by molar-refractivity contribution is 0.104. The first-order valence-corrected chi connectivity index (χ1v) is 15.1. The highest BCUT2D eigenvalue weighted by Gasteiger charge is 2.19. The van der Waals surface area contributed by atoms with E-state index in [4.69, 9.17) is 11.6 Å². The largest absolute Gasteiger partial charge is 0.359 e. The summed E-state index contributed by atoms with van der Waals surface area (Å²) in [4.78, 5) is 30.7. The van der Waals surface area contributed by atoms with E-state index in [9.17, 15) is 9.59 Å². The number of halogens is 1. The summed E-state index contributed by atoms with van der Waals surface area (Å²) in [5, 5.41) is 5.90. The first-order valence-electron chi connectivity index (χ1n) is 14.7. The Morgan fingerprint density at radius 2 is 1.00 bits per heavy atom. The highest BCUT2D eigenvalue weighted by atomic mass is 35.5. The molecule has 5 heteroatoms. The number of aromatic nitrogens is 2. The van der Waals surface area contributed by atoms with Gasteiger partial charge in [0.25, 0.3) is 5.24 Å². The van der Waals surface area contributed by atoms with Crippen molar-refractivity contribution in [2.24, 2.45) is 0 Å². The van der Waals surface area contributed by atoms with Crippen molar-refractivity contribution in [2.75, 3.05) is 0 Å². The number of aromatic amines is 2. The van der Waals surface area contributed by atoms with Gasteiger partial charge in [0, 0.05) is 38.9 Å². The van der Waals surface area contributed by atoms with Gasteiger partial charge in [0.15, 0.2) is 5.78 Å². The average molecular weight is 607 g/mol. The monoisotopic (exact) mass is 606 g/mol. The maximum absolute atomic E-state index is 13.1. The van der Waals surface area contributed by atoms with Gasteiger partial charge in [-0.3, -0.25) is 9.59 Å². The summed E-state index contributed by atoms with van der Waals surface area (Å²) in [6.07, 6.45) is 0. The molecule has 45 heavy (non-hydrogen) atoms. The van der Waals surface area contributed by atoms with Crippen LogP contribution in [-0.2, 0) is 0 Å². The molecule has 0 aliphatic rings.